The van der Waals surface area contributed by atoms with Crippen molar-refractivity contribution in [2.75, 3.05) is 6.61 Å². The number of ether oxygens (including phenoxy) is 1. The molecule has 0 bridgehead atoms. The fraction of sp³-hybridized carbons (Fsp3) is 0.409. The summed E-state index contributed by atoms with van der Waals surface area (Å²) in [6.45, 7) is 2.35. The first-order valence-corrected chi connectivity index (χ1v) is 9.50. The van der Waals surface area contributed by atoms with Crippen LogP contribution in [0.2, 0.25) is 0 Å². The Morgan fingerprint density at radius 3 is 2.28 bits per heavy atom. The molecule has 0 aliphatic rings. The maximum absolute atomic E-state index is 14.6. The van der Waals surface area contributed by atoms with Gasteiger partial charge in [0, 0.05) is 5.56 Å². The average molecular weight is 406 g/mol. The van der Waals surface area contributed by atoms with E-state index in [4.69, 9.17) is 9.84 Å². The second-order valence-corrected chi connectivity index (χ2v) is 6.94. The summed E-state index contributed by atoms with van der Waals surface area (Å²) >= 11 is 0. The number of rotatable bonds is 9. The van der Waals surface area contributed by atoms with Crippen LogP contribution in [-0.2, 0) is 9.53 Å². The Labute approximate surface area is 169 Å². The summed E-state index contributed by atoms with van der Waals surface area (Å²) in [4.78, 5) is 12.5. The van der Waals surface area contributed by atoms with Crippen molar-refractivity contribution in [3.8, 4) is 11.1 Å². The van der Waals surface area contributed by atoms with Crippen LogP contribution >= 0.6 is 0 Å². The molecule has 0 saturated heterocycles. The molecule has 0 spiro atoms. The molecule has 5 unspecified atom stereocenters. The molecule has 158 valence electrons. The Morgan fingerprint density at radius 1 is 1.07 bits per heavy atom. The lowest BCUT2D eigenvalue weighted by atomic mass is 9.96. The minimum absolute atomic E-state index is 0.162. The van der Waals surface area contributed by atoms with E-state index in [-0.39, 0.29) is 6.42 Å². The number of halogens is 1. The highest BCUT2D eigenvalue weighted by Gasteiger charge is 2.35. The van der Waals surface area contributed by atoms with Gasteiger partial charge in [0.05, 0.1) is 18.6 Å². The quantitative estimate of drug-likeness (QED) is 0.475. The van der Waals surface area contributed by atoms with E-state index in [1.54, 1.807) is 43.3 Å². The van der Waals surface area contributed by atoms with E-state index in [0.29, 0.717) is 16.7 Å². The van der Waals surface area contributed by atoms with Crippen LogP contribution in [0.3, 0.4) is 0 Å². The van der Waals surface area contributed by atoms with Gasteiger partial charge in [-0.05, 0) is 30.5 Å². The molecule has 0 aromatic heterocycles. The van der Waals surface area contributed by atoms with E-state index in [1.807, 2.05) is 6.07 Å². The van der Waals surface area contributed by atoms with Crippen molar-refractivity contribution in [1.29, 1.82) is 0 Å². The number of hydrogen-bond donors (Lipinski definition) is 4. The molecule has 7 heteroatoms. The summed E-state index contributed by atoms with van der Waals surface area (Å²) in [7, 11) is 0. The van der Waals surface area contributed by atoms with Gasteiger partial charge in [0.25, 0.3) is 0 Å². The number of esters is 1. The number of aliphatic hydroxyl groups excluding tert-OH is 4. The summed E-state index contributed by atoms with van der Waals surface area (Å²) in [6.07, 6.45) is -5.74. The van der Waals surface area contributed by atoms with Crippen molar-refractivity contribution in [3.05, 3.63) is 59.9 Å². The van der Waals surface area contributed by atoms with E-state index in [9.17, 15) is 24.5 Å². The Hall–Kier alpha value is -2.32. The molecule has 0 amide bonds. The van der Waals surface area contributed by atoms with Crippen LogP contribution in [0.5, 0.6) is 0 Å². The van der Waals surface area contributed by atoms with Gasteiger partial charge in [-0.1, -0.05) is 49.4 Å². The highest BCUT2D eigenvalue weighted by molar-refractivity contribution is 5.78. The van der Waals surface area contributed by atoms with Crippen molar-refractivity contribution < 1.29 is 34.3 Å². The van der Waals surface area contributed by atoms with Crippen molar-refractivity contribution in [1.82, 2.24) is 0 Å². The van der Waals surface area contributed by atoms with Crippen LogP contribution in [0, 0.1) is 5.82 Å². The first-order valence-electron chi connectivity index (χ1n) is 9.50. The Bertz CT molecular complexity index is 797. The Kier molecular flexibility index (Phi) is 8.28. The number of carbonyl (C=O) groups excluding carboxylic acids is 1. The fourth-order valence-corrected chi connectivity index (χ4v) is 2.96. The smallest absolute Gasteiger partial charge is 0.313 e. The second-order valence-electron chi connectivity index (χ2n) is 6.94. The van der Waals surface area contributed by atoms with E-state index < -0.39 is 48.7 Å². The SMILES string of the molecule is CCC(O)C(O)C(OC(=O)C(C)c1ccc(-c2ccccc2)c(F)c1)C(O)CO. The van der Waals surface area contributed by atoms with Crippen molar-refractivity contribution in [2.24, 2.45) is 0 Å². The zero-order chi connectivity index (χ0) is 21.6. The predicted molar refractivity (Wildman–Crippen MR) is 106 cm³/mol. The molecule has 4 N–H and O–H groups in total. The Balaban J connectivity index is 2.19. The second kappa shape index (κ2) is 10.5. The van der Waals surface area contributed by atoms with Gasteiger partial charge < -0.3 is 25.2 Å². The molecule has 0 radical (unpaired) electrons. The van der Waals surface area contributed by atoms with Crippen LogP contribution in [0.25, 0.3) is 11.1 Å². The third-order valence-corrected chi connectivity index (χ3v) is 4.90. The van der Waals surface area contributed by atoms with E-state index in [0.717, 1.165) is 0 Å². The Morgan fingerprint density at radius 2 is 1.72 bits per heavy atom. The first kappa shape index (κ1) is 23.0. The highest BCUT2D eigenvalue weighted by Crippen LogP contribution is 2.27. The lowest BCUT2D eigenvalue weighted by Crippen LogP contribution is -2.48. The molecule has 0 fully saturated rings. The summed E-state index contributed by atoms with van der Waals surface area (Å²) in [5, 5.41) is 39.0. The fourth-order valence-electron chi connectivity index (χ4n) is 2.96. The molecule has 5 atom stereocenters. The number of benzene rings is 2. The molecular formula is C22H27FO6. The summed E-state index contributed by atoms with van der Waals surface area (Å²) < 4.78 is 19.8. The number of carbonyl (C=O) groups is 1. The van der Waals surface area contributed by atoms with Crippen LogP contribution in [0.1, 0.15) is 31.7 Å². The third kappa shape index (κ3) is 5.61. The zero-order valence-corrected chi connectivity index (χ0v) is 16.4. The minimum atomic E-state index is -1.57. The van der Waals surface area contributed by atoms with Crippen LogP contribution in [-0.4, -0.2) is 57.4 Å². The molecule has 0 heterocycles. The standard InChI is InChI=1S/C22H27FO6/c1-3-18(25)20(27)21(19(26)12-24)29-22(28)13(2)15-9-10-16(17(23)11-15)14-7-5-4-6-8-14/h4-11,13,18-21,24-27H,3,12H2,1-2H3. The van der Waals surface area contributed by atoms with E-state index in [2.05, 4.69) is 0 Å². The predicted octanol–water partition coefficient (Wildman–Crippen LogP) is 1.99. The minimum Gasteiger partial charge on any atom is -0.456 e. The number of hydrogen-bond acceptors (Lipinski definition) is 6. The summed E-state index contributed by atoms with van der Waals surface area (Å²) in [5.74, 6) is -2.22. The first-order chi connectivity index (χ1) is 13.8. The normalized spacial score (nSPS) is 16.5. The molecule has 2 aromatic rings. The van der Waals surface area contributed by atoms with Gasteiger partial charge in [-0.2, -0.15) is 0 Å². The van der Waals surface area contributed by atoms with Crippen LogP contribution in [0.4, 0.5) is 4.39 Å². The molecule has 2 rings (SSSR count). The highest BCUT2D eigenvalue weighted by atomic mass is 19.1. The lowest BCUT2D eigenvalue weighted by molar-refractivity contribution is -0.176. The van der Waals surface area contributed by atoms with Gasteiger partial charge >= 0.3 is 5.97 Å². The molecule has 29 heavy (non-hydrogen) atoms. The molecular weight excluding hydrogens is 379 g/mol. The van der Waals surface area contributed by atoms with Gasteiger partial charge in [-0.3, -0.25) is 4.79 Å². The monoisotopic (exact) mass is 406 g/mol. The maximum Gasteiger partial charge on any atom is 0.313 e. The van der Waals surface area contributed by atoms with Gasteiger partial charge in [-0.25, -0.2) is 4.39 Å². The summed E-state index contributed by atoms with van der Waals surface area (Å²) in [5.41, 5.74) is 1.45. The van der Waals surface area contributed by atoms with Crippen molar-refractivity contribution in [2.45, 2.75) is 50.6 Å². The van der Waals surface area contributed by atoms with E-state index >= 15 is 0 Å². The third-order valence-electron chi connectivity index (χ3n) is 4.90. The van der Waals surface area contributed by atoms with Gasteiger partial charge in [0.15, 0.2) is 6.10 Å². The number of aliphatic hydroxyl groups is 4. The van der Waals surface area contributed by atoms with Gasteiger partial charge in [0.2, 0.25) is 0 Å². The van der Waals surface area contributed by atoms with Crippen LogP contribution < -0.4 is 0 Å². The molecule has 0 aliphatic carbocycles. The molecule has 2 aromatic carbocycles. The van der Waals surface area contributed by atoms with E-state index in [1.165, 1.54) is 13.0 Å². The average Bonchev–Trinajstić information content (AvgIpc) is 2.75. The zero-order valence-electron chi connectivity index (χ0n) is 16.4. The largest absolute Gasteiger partial charge is 0.456 e. The molecule has 0 aliphatic heterocycles. The van der Waals surface area contributed by atoms with Crippen molar-refractivity contribution in [3.63, 3.8) is 0 Å². The lowest BCUT2D eigenvalue weighted by Gasteiger charge is -2.30. The van der Waals surface area contributed by atoms with Gasteiger partial charge in [0.1, 0.15) is 18.0 Å². The molecule has 0 saturated carbocycles. The van der Waals surface area contributed by atoms with Crippen LogP contribution in [0.15, 0.2) is 48.5 Å². The summed E-state index contributed by atoms with van der Waals surface area (Å²) in [6, 6.07) is 13.4. The topological polar surface area (TPSA) is 107 Å². The van der Waals surface area contributed by atoms with Crippen molar-refractivity contribution >= 4 is 5.97 Å². The molecule has 6 nitrogen and oxygen atoms in total. The maximum atomic E-state index is 14.6. The van der Waals surface area contributed by atoms with Gasteiger partial charge in [-0.15, -0.1) is 0 Å².